The highest BCUT2D eigenvalue weighted by Gasteiger charge is 2.15. The molecule has 0 aliphatic rings. The minimum atomic E-state index is -0.424. The highest BCUT2D eigenvalue weighted by Crippen LogP contribution is 2.24. The Morgan fingerprint density at radius 3 is 2.59 bits per heavy atom. The van der Waals surface area contributed by atoms with Crippen molar-refractivity contribution in [2.75, 3.05) is 14.2 Å². The molecule has 1 amide bonds. The molecular weight excluding hydrogens is 364 g/mol. The van der Waals surface area contributed by atoms with Crippen LogP contribution in [0.4, 0.5) is 0 Å². The molecule has 3 aromatic rings. The number of nitrogens with zero attached hydrogens (tertiary/aromatic N) is 2. The second kappa shape index (κ2) is 7.75. The van der Waals surface area contributed by atoms with Gasteiger partial charge < -0.3 is 14.0 Å². The quantitative estimate of drug-likeness (QED) is 0.648. The van der Waals surface area contributed by atoms with Crippen LogP contribution in [0.5, 0.6) is 5.75 Å². The van der Waals surface area contributed by atoms with Gasteiger partial charge in [-0.25, -0.2) is 0 Å². The van der Waals surface area contributed by atoms with Crippen LogP contribution in [0, 0.1) is 13.8 Å². The third-order valence-corrected chi connectivity index (χ3v) is 5.39. The maximum Gasteiger partial charge on any atom is 0.325 e. The van der Waals surface area contributed by atoms with Gasteiger partial charge in [-0.1, -0.05) is 29.5 Å². The zero-order valence-electron chi connectivity index (χ0n) is 15.6. The number of fused-ring (bicyclic) bond motifs is 1. The van der Waals surface area contributed by atoms with Crippen molar-refractivity contribution in [1.82, 2.24) is 4.57 Å². The summed E-state index contributed by atoms with van der Waals surface area (Å²) in [7, 11) is 2.85. The average Bonchev–Trinajstić information content (AvgIpc) is 2.99. The number of methoxy groups -OCH3 is 2. The first kappa shape index (κ1) is 18.8. The summed E-state index contributed by atoms with van der Waals surface area (Å²) in [6, 6.07) is 11.0. The number of carbonyl (C=O) groups is 2. The molecular formula is C20H20N2O4S. The monoisotopic (exact) mass is 384 g/mol. The van der Waals surface area contributed by atoms with E-state index in [2.05, 4.69) is 11.1 Å². The molecule has 0 N–H and O–H groups in total. The SMILES string of the molecule is COC(=O)Cn1c(=NC(=O)c2ccccc2OC)sc2c(C)cc(C)cc21. The predicted molar refractivity (Wildman–Crippen MR) is 104 cm³/mol. The van der Waals surface area contributed by atoms with E-state index < -0.39 is 11.9 Å². The lowest BCUT2D eigenvalue weighted by atomic mass is 10.1. The number of hydrogen-bond acceptors (Lipinski definition) is 5. The Morgan fingerprint density at radius 1 is 1.15 bits per heavy atom. The summed E-state index contributed by atoms with van der Waals surface area (Å²) in [6.45, 7) is 3.97. The van der Waals surface area contributed by atoms with Crippen LogP contribution in [0.2, 0.25) is 0 Å². The number of aromatic nitrogens is 1. The summed E-state index contributed by atoms with van der Waals surface area (Å²) in [5.41, 5.74) is 3.36. The molecule has 0 aliphatic heterocycles. The van der Waals surface area contributed by atoms with Crippen LogP contribution in [0.1, 0.15) is 21.5 Å². The first-order valence-electron chi connectivity index (χ1n) is 8.34. The minimum absolute atomic E-state index is 0.0164. The predicted octanol–water partition coefficient (Wildman–Crippen LogP) is 3.24. The van der Waals surface area contributed by atoms with Gasteiger partial charge in [0.2, 0.25) is 0 Å². The van der Waals surface area contributed by atoms with Gasteiger partial charge >= 0.3 is 5.97 Å². The van der Waals surface area contributed by atoms with Crippen molar-refractivity contribution in [3.63, 3.8) is 0 Å². The number of thiazole rings is 1. The molecule has 0 saturated carbocycles. The van der Waals surface area contributed by atoms with E-state index in [1.807, 2.05) is 19.9 Å². The number of benzene rings is 2. The van der Waals surface area contributed by atoms with Crippen molar-refractivity contribution < 1.29 is 19.1 Å². The largest absolute Gasteiger partial charge is 0.496 e. The normalized spacial score (nSPS) is 11.6. The Bertz CT molecular complexity index is 1100. The van der Waals surface area contributed by atoms with Crippen LogP contribution < -0.4 is 9.54 Å². The standard InChI is InChI=1S/C20H20N2O4S/c1-12-9-13(2)18-15(10-12)22(11-17(23)26-4)20(27-18)21-19(24)14-7-5-6-8-16(14)25-3/h5-10H,11H2,1-4H3. The van der Waals surface area contributed by atoms with Crippen molar-refractivity contribution in [2.45, 2.75) is 20.4 Å². The van der Waals surface area contributed by atoms with Crippen molar-refractivity contribution in [1.29, 1.82) is 0 Å². The fourth-order valence-corrected chi connectivity index (χ4v) is 3.99. The molecule has 0 radical (unpaired) electrons. The highest BCUT2D eigenvalue weighted by atomic mass is 32.1. The Labute approximate surface area is 160 Å². The second-order valence-corrected chi connectivity index (χ2v) is 7.07. The molecule has 0 saturated heterocycles. The Morgan fingerprint density at radius 2 is 1.89 bits per heavy atom. The van der Waals surface area contributed by atoms with Gasteiger partial charge in [0, 0.05) is 0 Å². The lowest BCUT2D eigenvalue weighted by molar-refractivity contribution is -0.141. The lowest BCUT2D eigenvalue weighted by Crippen LogP contribution is -2.22. The number of carbonyl (C=O) groups excluding carboxylic acids is 2. The number of esters is 1. The van der Waals surface area contributed by atoms with E-state index in [4.69, 9.17) is 9.47 Å². The van der Waals surface area contributed by atoms with Crippen LogP contribution in [0.15, 0.2) is 41.4 Å². The second-order valence-electron chi connectivity index (χ2n) is 6.09. The van der Waals surface area contributed by atoms with E-state index >= 15 is 0 Å². The van der Waals surface area contributed by atoms with Gasteiger partial charge in [0.05, 0.1) is 30.0 Å². The molecule has 0 spiro atoms. The smallest absolute Gasteiger partial charge is 0.325 e. The molecule has 0 atom stereocenters. The van der Waals surface area contributed by atoms with Crippen molar-refractivity contribution >= 4 is 33.4 Å². The molecule has 7 heteroatoms. The van der Waals surface area contributed by atoms with Gasteiger partial charge in [0.15, 0.2) is 4.80 Å². The fraction of sp³-hybridized carbons (Fsp3) is 0.250. The van der Waals surface area contributed by atoms with Gasteiger partial charge in [-0.05, 0) is 43.2 Å². The molecule has 1 heterocycles. The van der Waals surface area contributed by atoms with E-state index in [1.54, 1.807) is 28.8 Å². The molecule has 0 unspecified atom stereocenters. The summed E-state index contributed by atoms with van der Waals surface area (Å²) < 4.78 is 12.8. The lowest BCUT2D eigenvalue weighted by Gasteiger charge is -2.06. The summed E-state index contributed by atoms with van der Waals surface area (Å²) in [5.74, 6) is -0.369. The minimum Gasteiger partial charge on any atom is -0.496 e. The fourth-order valence-electron chi connectivity index (χ4n) is 2.91. The van der Waals surface area contributed by atoms with E-state index in [9.17, 15) is 9.59 Å². The number of hydrogen-bond donors (Lipinski definition) is 0. The molecule has 0 aliphatic carbocycles. The zero-order valence-corrected chi connectivity index (χ0v) is 16.4. The van der Waals surface area contributed by atoms with Crippen LogP contribution in [0.3, 0.4) is 0 Å². The summed E-state index contributed by atoms with van der Waals surface area (Å²) in [5, 5.41) is 0. The summed E-state index contributed by atoms with van der Waals surface area (Å²) in [4.78, 5) is 29.4. The van der Waals surface area contributed by atoms with Gasteiger partial charge in [-0.3, -0.25) is 9.59 Å². The third kappa shape index (κ3) is 3.78. The molecule has 3 rings (SSSR count). The van der Waals surface area contributed by atoms with Gasteiger partial charge in [0.1, 0.15) is 12.3 Å². The number of rotatable bonds is 4. The average molecular weight is 384 g/mol. The van der Waals surface area contributed by atoms with Crippen molar-refractivity contribution in [3.05, 3.63) is 57.9 Å². The van der Waals surface area contributed by atoms with Gasteiger partial charge in [-0.2, -0.15) is 4.99 Å². The Kier molecular flexibility index (Phi) is 5.41. The van der Waals surface area contributed by atoms with Crippen LogP contribution in [-0.4, -0.2) is 30.7 Å². The molecule has 0 fully saturated rings. The summed E-state index contributed by atoms with van der Waals surface area (Å²) >= 11 is 1.38. The number of para-hydroxylation sites is 1. The maximum absolute atomic E-state index is 12.8. The third-order valence-electron chi connectivity index (χ3n) is 4.16. The van der Waals surface area contributed by atoms with Crippen LogP contribution in [0.25, 0.3) is 10.2 Å². The summed E-state index contributed by atoms with van der Waals surface area (Å²) in [6.07, 6.45) is 0. The van der Waals surface area contributed by atoms with E-state index in [0.29, 0.717) is 16.1 Å². The molecule has 6 nitrogen and oxygen atoms in total. The van der Waals surface area contributed by atoms with Crippen LogP contribution >= 0.6 is 11.3 Å². The van der Waals surface area contributed by atoms with Crippen molar-refractivity contribution in [3.8, 4) is 5.75 Å². The number of amides is 1. The molecule has 0 bridgehead atoms. The Balaban J connectivity index is 2.21. The van der Waals surface area contributed by atoms with Gasteiger partial charge in [0.25, 0.3) is 5.91 Å². The molecule has 2 aromatic carbocycles. The van der Waals surface area contributed by atoms with Gasteiger partial charge in [-0.15, -0.1) is 0 Å². The highest BCUT2D eigenvalue weighted by molar-refractivity contribution is 7.16. The van der Waals surface area contributed by atoms with Crippen molar-refractivity contribution in [2.24, 2.45) is 4.99 Å². The Hall–Kier alpha value is -2.93. The van der Waals surface area contributed by atoms with E-state index in [0.717, 1.165) is 21.3 Å². The topological polar surface area (TPSA) is 69.9 Å². The first-order valence-corrected chi connectivity index (χ1v) is 9.15. The zero-order chi connectivity index (χ0) is 19.6. The van der Waals surface area contributed by atoms with E-state index in [1.165, 1.54) is 25.6 Å². The molecule has 1 aromatic heterocycles. The number of ether oxygens (including phenoxy) is 2. The van der Waals surface area contributed by atoms with Crippen LogP contribution in [-0.2, 0) is 16.1 Å². The maximum atomic E-state index is 12.8. The number of aryl methyl sites for hydroxylation is 2. The van der Waals surface area contributed by atoms with E-state index in [-0.39, 0.29) is 6.54 Å². The molecule has 27 heavy (non-hydrogen) atoms. The molecule has 140 valence electrons. The first-order chi connectivity index (χ1) is 12.9.